The molecular weight excluding hydrogens is 192 g/mol. The highest BCUT2D eigenvalue weighted by molar-refractivity contribution is 5.77. The average Bonchev–Trinajstić information content (AvgIpc) is 2.65. The molecule has 0 aromatic heterocycles. The normalized spacial score (nSPS) is 13.8. The van der Waals surface area contributed by atoms with Crippen molar-refractivity contribution in [3.8, 4) is 0 Å². The van der Waals surface area contributed by atoms with E-state index < -0.39 is 0 Å². The minimum Gasteiger partial charge on any atom is -0.0757 e. The van der Waals surface area contributed by atoms with Gasteiger partial charge in [-0.25, -0.2) is 0 Å². The van der Waals surface area contributed by atoms with E-state index in [0.717, 1.165) is 6.42 Å². The van der Waals surface area contributed by atoms with Crippen molar-refractivity contribution in [2.24, 2.45) is 5.41 Å². The van der Waals surface area contributed by atoms with Gasteiger partial charge in [0.1, 0.15) is 0 Å². The van der Waals surface area contributed by atoms with Crippen LogP contribution >= 0.6 is 0 Å². The van der Waals surface area contributed by atoms with Crippen LogP contribution in [0.25, 0.3) is 5.57 Å². The van der Waals surface area contributed by atoms with Crippen LogP contribution in [0.5, 0.6) is 0 Å². The summed E-state index contributed by atoms with van der Waals surface area (Å²) >= 11 is 0. The number of aryl methyl sites for hydroxylation is 1. The summed E-state index contributed by atoms with van der Waals surface area (Å²) in [4.78, 5) is 0. The fourth-order valence-electron chi connectivity index (χ4n) is 2.25. The van der Waals surface area contributed by atoms with Gasteiger partial charge in [-0.1, -0.05) is 58.9 Å². The molecule has 0 nitrogen and oxygen atoms in total. The molecule has 0 atom stereocenters. The first kappa shape index (κ1) is 13.0. The smallest absolute Gasteiger partial charge is 0.00825 e. The van der Waals surface area contributed by atoms with Crippen LogP contribution in [-0.2, 0) is 6.42 Å². The lowest BCUT2D eigenvalue weighted by Crippen LogP contribution is -2.07. The Balaban J connectivity index is 0.000000606. The molecule has 1 aliphatic rings. The van der Waals surface area contributed by atoms with Gasteiger partial charge in [-0.2, -0.15) is 0 Å². The predicted octanol–water partition coefficient (Wildman–Crippen LogP) is 5.01. The molecule has 0 N–H and O–H groups in total. The fourth-order valence-corrected chi connectivity index (χ4v) is 2.25. The zero-order valence-corrected chi connectivity index (χ0v) is 11.5. The van der Waals surface area contributed by atoms with E-state index in [1.807, 2.05) is 13.8 Å². The van der Waals surface area contributed by atoms with Crippen molar-refractivity contribution in [3.63, 3.8) is 0 Å². The lowest BCUT2D eigenvalue weighted by Gasteiger charge is -2.22. The van der Waals surface area contributed by atoms with E-state index in [9.17, 15) is 0 Å². The highest BCUT2D eigenvalue weighted by Gasteiger charge is 2.24. The van der Waals surface area contributed by atoms with Gasteiger partial charge in [-0.05, 0) is 41.0 Å². The second kappa shape index (κ2) is 4.86. The Morgan fingerprint density at radius 3 is 2.25 bits per heavy atom. The Hall–Kier alpha value is -1.04. The number of benzene rings is 1. The summed E-state index contributed by atoms with van der Waals surface area (Å²) in [5.74, 6) is 0. The van der Waals surface area contributed by atoms with Crippen molar-refractivity contribution >= 4 is 5.57 Å². The minimum absolute atomic E-state index is 0.277. The first-order valence-corrected chi connectivity index (χ1v) is 6.29. The van der Waals surface area contributed by atoms with Gasteiger partial charge < -0.3 is 0 Å². The maximum absolute atomic E-state index is 2.39. The second-order valence-corrected chi connectivity index (χ2v) is 5.17. The van der Waals surface area contributed by atoms with Gasteiger partial charge in [0.25, 0.3) is 0 Å². The Labute approximate surface area is 100 Å². The summed E-state index contributed by atoms with van der Waals surface area (Å²) in [6.45, 7) is 13.1. The van der Waals surface area contributed by atoms with Crippen molar-refractivity contribution in [3.05, 3.63) is 41.0 Å². The lowest BCUT2D eigenvalue weighted by atomic mass is 9.83. The van der Waals surface area contributed by atoms with E-state index in [4.69, 9.17) is 0 Å². The Morgan fingerprint density at radius 1 is 1.06 bits per heavy atom. The maximum Gasteiger partial charge on any atom is -0.00825 e. The molecule has 0 bridgehead atoms. The Morgan fingerprint density at radius 2 is 1.69 bits per heavy atom. The molecule has 0 saturated heterocycles. The van der Waals surface area contributed by atoms with Crippen LogP contribution in [0.2, 0.25) is 0 Å². The van der Waals surface area contributed by atoms with E-state index in [1.165, 1.54) is 22.3 Å². The molecule has 1 aromatic carbocycles. The van der Waals surface area contributed by atoms with Gasteiger partial charge in [0.2, 0.25) is 0 Å². The standard InChI is InChI=1S/C14H18.C2H6/c1-10-6-5-7-12-11(10)8-9-13(12)14(2,3)4;1-2/h5-7,9H,8H2,1-4H3;1-2H3. The fraction of sp³-hybridized carbons (Fsp3) is 0.500. The number of hydrogen-bond donors (Lipinski definition) is 0. The molecule has 0 heteroatoms. The topological polar surface area (TPSA) is 0 Å². The molecule has 1 aromatic rings. The third-order valence-corrected chi connectivity index (χ3v) is 3.02. The first-order valence-electron chi connectivity index (χ1n) is 6.29. The predicted molar refractivity (Wildman–Crippen MR) is 73.7 cm³/mol. The van der Waals surface area contributed by atoms with Crippen molar-refractivity contribution in [2.75, 3.05) is 0 Å². The van der Waals surface area contributed by atoms with Gasteiger partial charge in [-0.3, -0.25) is 0 Å². The molecule has 88 valence electrons. The summed E-state index contributed by atoms with van der Waals surface area (Å²) in [5, 5.41) is 0. The summed E-state index contributed by atoms with van der Waals surface area (Å²) in [6.07, 6.45) is 3.51. The van der Waals surface area contributed by atoms with Gasteiger partial charge in [0.15, 0.2) is 0 Å². The van der Waals surface area contributed by atoms with Crippen LogP contribution in [0.15, 0.2) is 24.3 Å². The SMILES string of the molecule is CC.Cc1cccc2c1CC=C2C(C)(C)C. The molecule has 2 rings (SSSR count). The monoisotopic (exact) mass is 216 g/mol. The van der Waals surface area contributed by atoms with E-state index in [-0.39, 0.29) is 5.41 Å². The quantitative estimate of drug-likeness (QED) is 0.572. The minimum atomic E-state index is 0.277. The summed E-state index contributed by atoms with van der Waals surface area (Å²) in [6, 6.07) is 6.63. The van der Waals surface area contributed by atoms with Crippen LogP contribution in [0, 0.1) is 12.3 Å². The largest absolute Gasteiger partial charge is 0.0757 e. The van der Waals surface area contributed by atoms with Crippen molar-refractivity contribution in [2.45, 2.75) is 48.0 Å². The van der Waals surface area contributed by atoms with Crippen LogP contribution in [0.1, 0.15) is 51.3 Å². The average molecular weight is 216 g/mol. The highest BCUT2D eigenvalue weighted by atomic mass is 14.3. The van der Waals surface area contributed by atoms with Crippen LogP contribution in [-0.4, -0.2) is 0 Å². The van der Waals surface area contributed by atoms with Crippen molar-refractivity contribution in [1.82, 2.24) is 0 Å². The molecule has 0 amide bonds. The van der Waals surface area contributed by atoms with Gasteiger partial charge in [-0.15, -0.1) is 0 Å². The number of hydrogen-bond acceptors (Lipinski definition) is 0. The third kappa shape index (κ3) is 2.37. The molecule has 0 spiro atoms. The van der Waals surface area contributed by atoms with Gasteiger partial charge in [0, 0.05) is 0 Å². The lowest BCUT2D eigenvalue weighted by molar-refractivity contribution is 0.567. The maximum atomic E-state index is 2.39. The van der Waals surface area contributed by atoms with Crippen LogP contribution < -0.4 is 0 Å². The zero-order valence-electron chi connectivity index (χ0n) is 11.5. The molecule has 0 unspecified atom stereocenters. The van der Waals surface area contributed by atoms with Crippen molar-refractivity contribution < 1.29 is 0 Å². The van der Waals surface area contributed by atoms with Gasteiger partial charge >= 0.3 is 0 Å². The third-order valence-electron chi connectivity index (χ3n) is 3.02. The zero-order chi connectivity index (χ0) is 12.3. The number of fused-ring (bicyclic) bond motifs is 1. The summed E-state index contributed by atoms with van der Waals surface area (Å²) < 4.78 is 0. The van der Waals surface area contributed by atoms with E-state index in [0.29, 0.717) is 0 Å². The molecule has 0 heterocycles. The van der Waals surface area contributed by atoms with Gasteiger partial charge in [0.05, 0.1) is 0 Å². The molecule has 16 heavy (non-hydrogen) atoms. The molecule has 0 saturated carbocycles. The Kier molecular flexibility index (Phi) is 3.96. The number of allylic oxidation sites excluding steroid dienone is 2. The van der Waals surface area contributed by atoms with Crippen LogP contribution in [0.3, 0.4) is 0 Å². The summed E-state index contributed by atoms with van der Waals surface area (Å²) in [7, 11) is 0. The number of rotatable bonds is 0. The van der Waals surface area contributed by atoms with E-state index >= 15 is 0 Å². The summed E-state index contributed by atoms with van der Waals surface area (Å²) in [5.41, 5.74) is 6.21. The highest BCUT2D eigenvalue weighted by Crippen LogP contribution is 2.40. The molecule has 0 radical (unpaired) electrons. The first-order chi connectivity index (χ1) is 7.50. The van der Waals surface area contributed by atoms with E-state index in [2.05, 4.69) is 52.0 Å². The van der Waals surface area contributed by atoms with E-state index in [1.54, 1.807) is 0 Å². The Bertz CT molecular complexity index is 389. The van der Waals surface area contributed by atoms with Crippen LogP contribution in [0.4, 0.5) is 0 Å². The molecule has 1 aliphatic carbocycles. The molecule has 0 fully saturated rings. The molecular formula is C16H24. The second-order valence-electron chi connectivity index (χ2n) is 5.17. The van der Waals surface area contributed by atoms with Crippen molar-refractivity contribution in [1.29, 1.82) is 0 Å². The molecule has 0 aliphatic heterocycles.